The second kappa shape index (κ2) is 8.14. The minimum absolute atomic E-state index is 0.00216. The van der Waals surface area contributed by atoms with Crippen LogP contribution in [0, 0.1) is 0 Å². The molecule has 0 aliphatic carbocycles. The van der Waals surface area contributed by atoms with Crippen LogP contribution in [0.4, 0.5) is 14.6 Å². The van der Waals surface area contributed by atoms with Gasteiger partial charge in [0.1, 0.15) is 11.5 Å². The van der Waals surface area contributed by atoms with Gasteiger partial charge in [-0.1, -0.05) is 0 Å². The summed E-state index contributed by atoms with van der Waals surface area (Å²) in [6, 6.07) is 1.31. The minimum Gasteiger partial charge on any atom is -0.365 e. The number of likely N-dealkylation sites (tertiary alicyclic amines) is 1. The maximum absolute atomic E-state index is 13.9. The average Bonchev–Trinajstić information content (AvgIpc) is 3.26. The Labute approximate surface area is 172 Å². The van der Waals surface area contributed by atoms with Crippen LogP contribution < -0.4 is 5.32 Å². The predicted octanol–water partition coefficient (Wildman–Crippen LogP) is 4.44. The molecule has 1 fully saturated rings. The van der Waals surface area contributed by atoms with E-state index < -0.39 is 6.43 Å². The van der Waals surface area contributed by atoms with Gasteiger partial charge < -0.3 is 10.2 Å². The van der Waals surface area contributed by atoms with Crippen molar-refractivity contribution in [3.8, 4) is 10.4 Å². The van der Waals surface area contributed by atoms with Crippen molar-refractivity contribution >= 4 is 29.3 Å². The summed E-state index contributed by atoms with van der Waals surface area (Å²) in [6.45, 7) is 8.20. The summed E-state index contributed by atoms with van der Waals surface area (Å²) in [7, 11) is 0. The normalized spacial score (nSPS) is 17.1. The number of carbonyl (C=O) groups is 1. The molecule has 1 aliphatic heterocycles. The van der Waals surface area contributed by atoms with Crippen LogP contribution >= 0.6 is 11.3 Å². The molecule has 0 saturated carbocycles. The number of nitrogens with zero attached hydrogens (tertiary/aromatic N) is 3. The van der Waals surface area contributed by atoms with Crippen LogP contribution in [0.15, 0.2) is 12.3 Å². The minimum atomic E-state index is -2.78. The maximum atomic E-state index is 13.9. The lowest BCUT2D eigenvalue weighted by atomic mass is 10.1. The summed E-state index contributed by atoms with van der Waals surface area (Å²) in [6.07, 6.45) is 1.94. The van der Waals surface area contributed by atoms with Gasteiger partial charge in [-0.15, -0.1) is 11.3 Å². The van der Waals surface area contributed by atoms with E-state index in [4.69, 9.17) is 0 Å². The Hall–Kier alpha value is -2.42. The molecule has 0 bridgehead atoms. The smallest absolute Gasteiger partial charge is 0.274 e. The van der Waals surface area contributed by atoms with Crippen LogP contribution in [0.1, 0.15) is 68.0 Å². The van der Waals surface area contributed by atoms with Crippen molar-refractivity contribution in [2.45, 2.75) is 58.5 Å². The quantitative estimate of drug-likeness (QED) is 0.773. The van der Waals surface area contributed by atoms with Crippen LogP contribution in [0.2, 0.25) is 0 Å². The zero-order chi connectivity index (χ0) is 21.3. The van der Waals surface area contributed by atoms with Gasteiger partial charge in [-0.05, 0) is 46.6 Å². The third-order valence-electron chi connectivity index (χ3n) is 4.65. The SMILES string of the molecule is C[C@H]1CCCN1C(=O)c1nc([C]=O)sc1-c1cnc(NC(C)(C)C)cc1C(F)F. The highest BCUT2D eigenvalue weighted by Gasteiger charge is 2.32. The fourth-order valence-electron chi connectivity index (χ4n) is 3.36. The number of hydrogen-bond acceptors (Lipinski definition) is 6. The van der Waals surface area contributed by atoms with Gasteiger partial charge in [-0.25, -0.2) is 18.7 Å². The second-order valence-electron chi connectivity index (χ2n) is 8.12. The van der Waals surface area contributed by atoms with E-state index in [1.54, 1.807) is 11.2 Å². The fraction of sp³-hybridized carbons (Fsp3) is 0.500. The highest BCUT2D eigenvalue weighted by atomic mass is 32.1. The van der Waals surface area contributed by atoms with E-state index in [-0.39, 0.29) is 44.2 Å². The number of thiazole rings is 1. The van der Waals surface area contributed by atoms with Crippen molar-refractivity contribution < 1.29 is 18.4 Å². The summed E-state index contributed by atoms with van der Waals surface area (Å²) >= 11 is 0.876. The molecule has 9 heteroatoms. The Bertz CT molecular complexity index is 924. The van der Waals surface area contributed by atoms with Gasteiger partial charge in [0.25, 0.3) is 18.6 Å². The number of hydrogen-bond donors (Lipinski definition) is 1. The Balaban J connectivity index is 2.09. The molecule has 0 aromatic carbocycles. The fourth-order valence-corrected chi connectivity index (χ4v) is 4.24. The lowest BCUT2D eigenvalue weighted by Gasteiger charge is -2.23. The molecule has 155 valence electrons. The van der Waals surface area contributed by atoms with E-state index in [1.165, 1.54) is 12.3 Å². The third-order valence-corrected chi connectivity index (χ3v) is 5.63. The molecule has 2 aromatic heterocycles. The first-order valence-corrected chi connectivity index (χ1v) is 10.2. The van der Waals surface area contributed by atoms with Crippen molar-refractivity contribution in [1.82, 2.24) is 14.9 Å². The lowest BCUT2D eigenvalue weighted by Crippen LogP contribution is -2.34. The lowest BCUT2D eigenvalue weighted by molar-refractivity contribution is 0.0743. The number of halogens is 2. The maximum Gasteiger partial charge on any atom is 0.274 e. The molecule has 2 aromatic rings. The molecule has 1 aliphatic rings. The van der Waals surface area contributed by atoms with Crippen molar-refractivity contribution in [1.29, 1.82) is 0 Å². The molecular formula is C20H23F2N4O2S. The van der Waals surface area contributed by atoms with E-state index in [0.717, 1.165) is 24.2 Å². The number of carbonyl (C=O) groups excluding carboxylic acids is 2. The van der Waals surface area contributed by atoms with Crippen molar-refractivity contribution in [3.05, 3.63) is 28.5 Å². The predicted molar refractivity (Wildman–Crippen MR) is 108 cm³/mol. The topological polar surface area (TPSA) is 75.2 Å². The van der Waals surface area contributed by atoms with E-state index in [1.807, 2.05) is 27.7 Å². The zero-order valence-corrected chi connectivity index (χ0v) is 17.6. The number of pyridine rings is 1. The zero-order valence-electron chi connectivity index (χ0n) is 16.8. The molecule has 6 nitrogen and oxygen atoms in total. The molecule has 1 saturated heterocycles. The molecule has 1 amide bonds. The number of rotatable bonds is 5. The Morgan fingerprint density at radius 3 is 2.69 bits per heavy atom. The van der Waals surface area contributed by atoms with Crippen molar-refractivity contribution in [2.75, 3.05) is 11.9 Å². The van der Waals surface area contributed by atoms with Gasteiger partial charge in [0.05, 0.1) is 4.88 Å². The van der Waals surface area contributed by atoms with E-state index >= 15 is 0 Å². The first-order valence-electron chi connectivity index (χ1n) is 9.37. The molecule has 1 radical (unpaired) electrons. The molecule has 3 heterocycles. The highest BCUT2D eigenvalue weighted by molar-refractivity contribution is 7.17. The van der Waals surface area contributed by atoms with Crippen LogP contribution in [0.5, 0.6) is 0 Å². The summed E-state index contributed by atoms with van der Waals surface area (Å²) in [5, 5.41) is 3.02. The summed E-state index contributed by atoms with van der Waals surface area (Å²) in [4.78, 5) is 34.4. The van der Waals surface area contributed by atoms with Crippen molar-refractivity contribution in [3.63, 3.8) is 0 Å². The van der Waals surface area contributed by atoms with Crippen LogP contribution in [-0.4, -0.2) is 45.2 Å². The number of amides is 1. The van der Waals surface area contributed by atoms with E-state index in [9.17, 15) is 18.4 Å². The van der Waals surface area contributed by atoms with Crippen LogP contribution in [0.3, 0.4) is 0 Å². The largest absolute Gasteiger partial charge is 0.365 e. The second-order valence-corrected chi connectivity index (χ2v) is 9.12. The summed E-state index contributed by atoms with van der Waals surface area (Å²) in [5.74, 6) is -0.0517. The molecule has 0 unspecified atom stereocenters. The van der Waals surface area contributed by atoms with Gasteiger partial charge in [0.2, 0.25) is 0 Å². The molecule has 29 heavy (non-hydrogen) atoms. The number of alkyl halides is 2. The van der Waals surface area contributed by atoms with Gasteiger partial charge in [-0.2, -0.15) is 0 Å². The first-order chi connectivity index (χ1) is 13.6. The molecular weight excluding hydrogens is 398 g/mol. The Kier molecular flexibility index (Phi) is 5.97. The van der Waals surface area contributed by atoms with E-state index in [2.05, 4.69) is 15.3 Å². The highest BCUT2D eigenvalue weighted by Crippen LogP contribution is 2.38. The summed E-state index contributed by atoms with van der Waals surface area (Å²) in [5.41, 5.74) is -0.516. The Morgan fingerprint density at radius 2 is 2.14 bits per heavy atom. The van der Waals surface area contributed by atoms with Gasteiger partial charge >= 0.3 is 0 Å². The molecule has 0 spiro atoms. The van der Waals surface area contributed by atoms with Gasteiger partial charge in [0.15, 0.2) is 5.01 Å². The van der Waals surface area contributed by atoms with Crippen molar-refractivity contribution in [2.24, 2.45) is 0 Å². The number of anilines is 1. The number of nitrogens with one attached hydrogen (secondary N) is 1. The van der Waals surface area contributed by atoms with Crippen LogP contribution in [-0.2, 0) is 4.79 Å². The average molecular weight is 421 g/mol. The van der Waals surface area contributed by atoms with Gasteiger partial charge in [-0.3, -0.25) is 9.59 Å². The Morgan fingerprint density at radius 1 is 1.41 bits per heavy atom. The monoisotopic (exact) mass is 421 g/mol. The first kappa shape index (κ1) is 21.3. The van der Waals surface area contributed by atoms with Crippen LogP contribution in [0.25, 0.3) is 10.4 Å². The van der Waals surface area contributed by atoms with E-state index in [0.29, 0.717) is 12.4 Å². The molecule has 1 atom stereocenters. The third kappa shape index (κ3) is 4.60. The summed E-state index contributed by atoms with van der Waals surface area (Å²) < 4.78 is 27.7. The van der Waals surface area contributed by atoms with Gasteiger partial charge in [0, 0.05) is 35.4 Å². The molecule has 1 N–H and O–H groups in total. The number of aromatic nitrogens is 2. The molecule has 3 rings (SSSR count). The standard InChI is InChI=1S/C20H23F2N4O2S/c1-11-6-5-7-26(11)19(28)16-17(29-15(10-27)24-16)13-9-23-14(25-20(2,3)4)8-12(13)18(21)22/h8-9,11,18H,5-7H2,1-4H3,(H,23,25)/t11-/m0/s1.